The Hall–Kier alpha value is -4.17. The standard InChI is InChI=1S/C19H34N2O.C9H11NO.C7H8O.C5H11NO/c1-9-10-18(17(7)20-8)13-21(12-16(6)15(4)5)19(22)11-14(2)3;1-8(11)10-7-9-5-3-2-4-6-9;1-6-2-4-7(8)5-3-6;1-5(7)4-6(2)3/h9-10,14-16,20H,1,7,11-13H2,2-6,8H3;2-6H,7H2,1H3,(H,10,11);2-5,8H,1H3;4H2,1-3H3/b18-10-;;;. The molecule has 0 aliphatic rings. The Morgan fingerprint density at radius 3 is 1.85 bits per heavy atom. The van der Waals surface area contributed by atoms with Crippen LogP contribution in [0.3, 0.4) is 0 Å². The maximum Gasteiger partial charge on any atom is 0.223 e. The van der Waals surface area contributed by atoms with Crippen LogP contribution in [0, 0.1) is 24.7 Å². The zero-order chi connectivity index (χ0) is 37.2. The van der Waals surface area contributed by atoms with Crippen LogP contribution in [-0.2, 0) is 20.9 Å². The van der Waals surface area contributed by atoms with Gasteiger partial charge in [-0.1, -0.05) is 108 Å². The fourth-order valence-corrected chi connectivity index (χ4v) is 3.86. The molecule has 0 heterocycles. The fraction of sp³-hybridized carbons (Fsp3) is 0.475. The van der Waals surface area contributed by atoms with E-state index in [9.17, 15) is 14.4 Å². The number of ketones is 1. The van der Waals surface area contributed by atoms with Gasteiger partial charge >= 0.3 is 0 Å². The van der Waals surface area contributed by atoms with E-state index in [2.05, 4.69) is 58.4 Å². The zero-order valence-corrected chi connectivity index (χ0v) is 31.6. The van der Waals surface area contributed by atoms with Crippen molar-refractivity contribution in [3.63, 3.8) is 0 Å². The number of benzene rings is 2. The van der Waals surface area contributed by atoms with Crippen molar-refractivity contribution < 1.29 is 19.5 Å². The summed E-state index contributed by atoms with van der Waals surface area (Å²) in [6.45, 7) is 26.1. The summed E-state index contributed by atoms with van der Waals surface area (Å²) in [7, 11) is 5.60. The molecule has 0 aromatic heterocycles. The summed E-state index contributed by atoms with van der Waals surface area (Å²) in [6.07, 6.45) is 4.25. The van der Waals surface area contributed by atoms with E-state index in [0.29, 0.717) is 49.6 Å². The Morgan fingerprint density at radius 1 is 0.917 bits per heavy atom. The number of phenolic OH excluding ortho intramolecular Hbond substituents is 1. The molecule has 0 aliphatic carbocycles. The lowest BCUT2D eigenvalue weighted by molar-refractivity contribution is -0.132. The van der Waals surface area contributed by atoms with Gasteiger partial charge in [0.15, 0.2) is 0 Å². The first-order chi connectivity index (χ1) is 22.4. The smallest absolute Gasteiger partial charge is 0.223 e. The van der Waals surface area contributed by atoms with Crippen molar-refractivity contribution >= 4 is 17.6 Å². The number of likely N-dealkylation sites (N-methyl/N-ethyl adjacent to an activating group) is 2. The first-order valence-electron chi connectivity index (χ1n) is 16.6. The number of hydrogen-bond donors (Lipinski definition) is 3. The number of phenols is 1. The van der Waals surface area contributed by atoms with Crippen molar-refractivity contribution in [3.8, 4) is 5.75 Å². The molecule has 2 aromatic rings. The molecule has 0 aliphatic heterocycles. The summed E-state index contributed by atoms with van der Waals surface area (Å²) in [5.74, 6) is 2.14. The highest BCUT2D eigenvalue weighted by atomic mass is 16.3. The lowest BCUT2D eigenvalue weighted by atomic mass is 9.96. The maximum absolute atomic E-state index is 12.6. The first kappa shape index (κ1) is 46.0. The van der Waals surface area contributed by atoms with Gasteiger partial charge in [0.25, 0.3) is 0 Å². The van der Waals surface area contributed by atoms with Crippen LogP contribution in [0.25, 0.3) is 0 Å². The summed E-state index contributed by atoms with van der Waals surface area (Å²) >= 11 is 0. The Morgan fingerprint density at radius 2 is 1.48 bits per heavy atom. The van der Waals surface area contributed by atoms with Gasteiger partial charge in [-0.3, -0.25) is 14.4 Å². The average Bonchev–Trinajstić information content (AvgIpc) is 3.00. The van der Waals surface area contributed by atoms with Crippen LogP contribution in [0.1, 0.15) is 66.0 Å². The minimum absolute atomic E-state index is 0.00820. The van der Waals surface area contributed by atoms with Crippen molar-refractivity contribution in [3.05, 3.63) is 102 Å². The third-order valence-electron chi connectivity index (χ3n) is 6.91. The molecule has 2 rings (SSSR count). The topological polar surface area (TPSA) is 102 Å². The molecule has 1 atom stereocenters. The highest BCUT2D eigenvalue weighted by Gasteiger charge is 2.20. The van der Waals surface area contributed by atoms with Gasteiger partial charge in [0.1, 0.15) is 11.5 Å². The lowest BCUT2D eigenvalue weighted by Crippen LogP contribution is -2.38. The second kappa shape index (κ2) is 26.9. The zero-order valence-electron chi connectivity index (χ0n) is 31.6. The summed E-state index contributed by atoms with van der Waals surface area (Å²) in [4.78, 5) is 37.1. The highest BCUT2D eigenvalue weighted by molar-refractivity contribution is 5.77. The van der Waals surface area contributed by atoms with E-state index < -0.39 is 0 Å². The molecule has 8 heteroatoms. The van der Waals surface area contributed by atoms with Crippen molar-refractivity contribution in [1.29, 1.82) is 0 Å². The van der Waals surface area contributed by atoms with E-state index in [1.165, 1.54) is 12.5 Å². The van der Waals surface area contributed by atoms with Crippen LogP contribution < -0.4 is 10.6 Å². The summed E-state index contributed by atoms with van der Waals surface area (Å²) in [5.41, 5.74) is 4.13. The molecule has 0 radical (unpaired) electrons. The molecule has 0 saturated heterocycles. The minimum Gasteiger partial charge on any atom is -0.508 e. The molecule has 2 aromatic carbocycles. The van der Waals surface area contributed by atoms with Gasteiger partial charge in [-0.05, 0) is 69.0 Å². The molecule has 1 unspecified atom stereocenters. The number of hydrogen-bond acceptors (Lipinski definition) is 6. The summed E-state index contributed by atoms with van der Waals surface area (Å²) in [6, 6.07) is 16.9. The van der Waals surface area contributed by atoms with Gasteiger partial charge in [0.2, 0.25) is 11.8 Å². The largest absolute Gasteiger partial charge is 0.508 e. The van der Waals surface area contributed by atoms with Crippen LogP contribution >= 0.6 is 0 Å². The molecule has 0 bridgehead atoms. The number of nitrogens with one attached hydrogen (secondary N) is 2. The first-order valence-corrected chi connectivity index (χ1v) is 16.6. The van der Waals surface area contributed by atoms with E-state index in [4.69, 9.17) is 5.11 Å². The number of aryl methyl sites for hydroxylation is 1. The third kappa shape index (κ3) is 26.0. The molecule has 0 spiro atoms. The molecule has 3 N–H and O–H groups in total. The molecular formula is C40H64N4O4. The number of Topliss-reactive ketones (excluding diaryl/α,β-unsaturated/α-hetero) is 1. The third-order valence-corrected chi connectivity index (χ3v) is 6.91. The van der Waals surface area contributed by atoms with Crippen molar-refractivity contribution in [2.24, 2.45) is 17.8 Å². The molecular weight excluding hydrogens is 600 g/mol. The normalized spacial score (nSPS) is 11.1. The highest BCUT2D eigenvalue weighted by Crippen LogP contribution is 2.17. The molecule has 0 fully saturated rings. The summed E-state index contributed by atoms with van der Waals surface area (Å²) < 4.78 is 0. The average molecular weight is 665 g/mol. The number of nitrogens with zero attached hydrogens (tertiary/aromatic N) is 2. The molecule has 2 amide bonds. The minimum atomic E-state index is 0.00820. The van der Waals surface area contributed by atoms with Crippen LogP contribution in [-0.4, -0.2) is 73.3 Å². The molecule has 48 heavy (non-hydrogen) atoms. The van der Waals surface area contributed by atoms with Gasteiger partial charge in [0, 0.05) is 45.7 Å². The second-order valence-electron chi connectivity index (χ2n) is 12.9. The SMILES string of the molecule is C=C/C=C(/CN(CC(C)C(C)C)C(=O)CC(C)C)C(=C)NC.CC(=O)CN(C)C.CC(=O)NCc1ccccc1.Cc1ccc(O)cc1. The Balaban J connectivity index is 0. The number of carbonyl (C=O) groups excluding carboxylic acids is 3. The van der Waals surface area contributed by atoms with Gasteiger partial charge in [0.05, 0.1) is 6.54 Å². The monoisotopic (exact) mass is 664 g/mol. The Labute approximate surface area is 292 Å². The number of aromatic hydroxyl groups is 1. The predicted octanol–water partition coefficient (Wildman–Crippen LogP) is 7.16. The van der Waals surface area contributed by atoms with Crippen molar-refractivity contribution in [2.75, 3.05) is 40.8 Å². The van der Waals surface area contributed by atoms with Crippen molar-refractivity contribution in [1.82, 2.24) is 20.4 Å². The van der Waals surface area contributed by atoms with E-state index >= 15 is 0 Å². The van der Waals surface area contributed by atoms with Crippen LogP contribution in [0.5, 0.6) is 5.75 Å². The number of allylic oxidation sites excluding steroid dienone is 2. The maximum atomic E-state index is 12.6. The fourth-order valence-electron chi connectivity index (χ4n) is 3.86. The van der Waals surface area contributed by atoms with Crippen LogP contribution in [0.2, 0.25) is 0 Å². The number of amides is 2. The van der Waals surface area contributed by atoms with Gasteiger partial charge in [-0.2, -0.15) is 0 Å². The quantitative estimate of drug-likeness (QED) is 0.185. The van der Waals surface area contributed by atoms with E-state index in [0.717, 1.165) is 23.4 Å². The van der Waals surface area contributed by atoms with Gasteiger partial charge < -0.3 is 25.5 Å². The van der Waals surface area contributed by atoms with Crippen LogP contribution in [0.4, 0.5) is 0 Å². The van der Waals surface area contributed by atoms with E-state index in [1.807, 2.05) is 86.4 Å². The number of carbonyl (C=O) groups is 3. The Bertz CT molecular complexity index is 1210. The van der Waals surface area contributed by atoms with Gasteiger partial charge in [-0.25, -0.2) is 0 Å². The number of rotatable bonds is 14. The lowest BCUT2D eigenvalue weighted by Gasteiger charge is -2.29. The van der Waals surface area contributed by atoms with Crippen molar-refractivity contribution in [2.45, 2.75) is 68.4 Å². The van der Waals surface area contributed by atoms with Crippen LogP contribution in [0.15, 0.2) is 91.2 Å². The van der Waals surface area contributed by atoms with Gasteiger partial charge in [-0.15, -0.1) is 0 Å². The predicted molar refractivity (Wildman–Crippen MR) is 203 cm³/mol. The summed E-state index contributed by atoms with van der Waals surface area (Å²) in [5, 5.41) is 14.5. The molecule has 0 saturated carbocycles. The molecule has 268 valence electrons. The Kier molecular flexibility index (Phi) is 25.7. The van der Waals surface area contributed by atoms with E-state index in [-0.39, 0.29) is 17.6 Å². The molecule has 8 nitrogen and oxygen atoms in total. The second-order valence-corrected chi connectivity index (χ2v) is 12.9. The van der Waals surface area contributed by atoms with E-state index in [1.54, 1.807) is 25.1 Å².